The third kappa shape index (κ3) is 1.68. The average Bonchev–Trinajstić information content (AvgIpc) is 2.23. The fourth-order valence-electron chi connectivity index (χ4n) is 1.52. The van der Waals surface area contributed by atoms with Gasteiger partial charge in [0.25, 0.3) is 0 Å². The number of nitrogens with two attached hydrogens (primary N) is 1. The summed E-state index contributed by atoms with van der Waals surface area (Å²) < 4.78 is 13.3. The molecule has 0 radical (unpaired) electrons. The van der Waals surface area contributed by atoms with E-state index in [4.69, 9.17) is 5.73 Å². The van der Waals surface area contributed by atoms with E-state index in [0.29, 0.717) is 5.56 Å². The number of para-hydroxylation sites is 1. The van der Waals surface area contributed by atoms with Gasteiger partial charge in [0.05, 0.1) is 5.69 Å². The summed E-state index contributed by atoms with van der Waals surface area (Å²) in [4.78, 5) is 4.01. The van der Waals surface area contributed by atoms with Crippen molar-refractivity contribution < 1.29 is 4.39 Å². The molecule has 0 amide bonds. The van der Waals surface area contributed by atoms with Gasteiger partial charge in [0, 0.05) is 23.5 Å². The SMILES string of the molecule is Cc1ccncc1-c1cccc(F)c1N. The van der Waals surface area contributed by atoms with Crippen molar-refractivity contribution in [2.45, 2.75) is 6.92 Å². The number of aryl methyl sites for hydroxylation is 1. The zero-order valence-corrected chi connectivity index (χ0v) is 8.37. The molecule has 3 heteroatoms. The highest BCUT2D eigenvalue weighted by atomic mass is 19.1. The molecule has 1 heterocycles. The maximum absolute atomic E-state index is 13.3. The Morgan fingerprint density at radius 1 is 1.20 bits per heavy atom. The Morgan fingerprint density at radius 2 is 2.00 bits per heavy atom. The molecule has 0 fully saturated rings. The summed E-state index contributed by atoms with van der Waals surface area (Å²) in [7, 11) is 0. The molecule has 2 N–H and O–H groups in total. The minimum Gasteiger partial charge on any atom is -0.396 e. The quantitative estimate of drug-likeness (QED) is 0.722. The van der Waals surface area contributed by atoms with Crippen LogP contribution in [0.1, 0.15) is 5.56 Å². The summed E-state index contributed by atoms with van der Waals surface area (Å²) in [6.07, 6.45) is 3.40. The summed E-state index contributed by atoms with van der Waals surface area (Å²) in [5.41, 5.74) is 8.45. The number of nitrogens with zero attached hydrogens (tertiary/aromatic N) is 1. The molecule has 2 aromatic rings. The maximum Gasteiger partial charge on any atom is 0.146 e. The molecular weight excluding hydrogens is 191 g/mol. The number of hydrogen-bond acceptors (Lipinski definition) is 2. The minimum atomic E-state index is -0.393. The first-order valence-electron chi connectivity index (χ1n) is 4.65. The number of aromatic nitrogens is 1. The lowest BCUT2D eigenvalue weighted by atomic mass is 10.0. The Hall–Kier alpha value is -1.90. The largest absolute Gasteiger partial charge is 0.396 e. The second-order valence-corrected chi connectivity index (χ2v) is 3.39. The summed E-state index contributed by atoms with van der Waals surface area (Å²) in [5, 5.41) is 0. The van der Waals surface area contributed by atoms with E-state index in [-0.39, 0.29) is 5.69 Å². The number of rotatable bonds is 1. The number of hydrogen-bond donors (Lipinski definition) is 1. The molecule has 0 unspecified atom stereocenters. The molecule has 0 atom stereocenters. The van der Waals surface area contributed by atoms with Crippen LogP contribution in [0.4, 0.5) is 10.1 Å². The van der Waals surface area contributed by atoms with E-state index < -0.39 is 5.82 Å². The van der Waals surface area contributed by atoms with E-state index in [1.165, 1.54) is 6.07 Å². The third-order valence-corrected chi connectivity index (χ3v) is 2.38. The number of anilines is 1. The summed E-state index contributed by atoms with van der Waals surface area (Å²) in [6.45, 7) is 1.95. The molecule has 0 aliphatic heterocycles. The van der Waals surface area contributed by atoms with Crippen molar-refractivity contribution >= 4 is 5.69 Å². The molecule has 2 nitrogen and oxygen atoms in total. The zero-order chi connectivity index (χ0) is 10.8. The van der Waals surface area contributed by atoms with Crippen LogP contribution >= 0.6 is 0 Å². The first-order valence-corrected chi connectivity index (χ1v) is 4.65. The predicted molar refractivity (Wildman–Crippen MR) is 58.8 cm³/mol. The van der Waals surface area contributed by atoms with Crippen molar-refractivity contribution in [2.75, 3.05) is 5.73 Å². The van der Waals surface area contributed by atoms with Crippen LogP contribution in [0.25, 0.3) is 11.1 Å². The molecule has 0 spiro atoms. The fourth-order valence-corrected chi connectivity index (χ4v) is 1.52. The van der Waals surface area contributed by atoms with Crippen molar-refractivity contribution in [2.24, 2.45) is 0 Å². The van der Waals surface area contributed by atoms with Gasteiger partial charge in [-0.15, -0.1) is 0 Å². The second-order valence-electron chi connectivity index (χ2n) is 3.39. The van der Waals surface area contributed by atoms with Crippen molar-refractivity contribution in [1.82, 2.24) is 4.98 Å². The molecule has 15 heavy (non-hydrogen) atoms. The van der Waals surface area contributed by atoms with E-state index in [1.807, 2.05) is 13.0 Å². The van der Waals surface area contributed by atoms with Crippen LogP contribution < -0.4 is 5.73 Å². The highest BCUT2D eigenvalue weighted by Crippen LogP contribution is 2.29. The maximum atomic E-state index is 13.3. The van der Waals surface area contributed by atoms with E-state index in [0.717, 1.165) is 11.1 Å². The highest BCUT2D eigenvalue weighted by molar-refractivity contribution is 5.77. The monoisotopic (exact) mass is 202 g/mol. The molecule has 1 aromatic heterocycles. The molecule has 0 saturated carbocycles. The molecule has 0 aliphatic carbocycles. The number of pyridine rings is 1. The molecule has 0 bridgehead atoms. The van der Waals surface area contributed by atoms with E-state index in [2.05, 4.69) is 4.98 Å². The van der Waals surface area contributed by atoms with Gasteiger partial charge in [0.1, 0.15) is 5.82 Å². The van der Waals surface area contributed by atoms with Crippen molar-refractivity contribution in [1.29, 1.82) is 0 Å². The Kier molecular flexibility index (Phi) is 2.37. The van der Waals surface area contributed by atoms with Gasteiger partial charge in [-0.3, -0.25) is 4.98 Å². The Labute approximate surface area is 87.6 Å². The van der Waals surface area contributed by atoms with Gasteiger partial charge >= 0.3 is 0 Å². The zero-order valence-electron chi connectivity index (χ0n) is 8.37. The summed E-state index contributed by atoms with van der Waals surface area (Å²) in [6, 6.07) is 6.67. The molecular formula is C12H11FN2. The van der Waals surface area contributed by atoms with E-state index >= 15 is 0 Å². The van der Waals surface area contributed by atoms with Gasteiger partial charge in [0.15, 0.2) is 0 Å². The van der Waals surface area contributed by atoms with E-state index in [1.54, 1.807) is 24.5 Å². The molecule has 1 aromatic carbocycles. The minimum absolute atomic E-state index is 0.175. The lowest BCUT2D eigenvalue weighted by Gasteiger charge is -2.08. The highest BCUT2D eigenvalue weighted by Gasteiger charge is 2.08. The predicted octanol–water partition coefficient (Wildman–Crippen LogP) is 2.78. The normalized spacial score (nSPS) is 10.3. The van der Waals surface area contributed by atoms with Crippen LogP contribution in [0.5, 0.6) is 0 Å². The number of nitrogen functional groups attached to an aromatic ring is 1. The Morgan fingerprint density at radius 3 is 2.73 bits per heavy atom. The number of halogens is 1. The summed E-state index contributed by atoms with van der Waals surface area (Å²) >= 11 is 0. The topological polar surface area (TPSA) is 38.9 Å². The molecule has 76 valence electrons. The average molecular weight is 202 g/mol. The Bertz CT molecular complexity index is 495. The standard InChI is InChI=1S/C12H11FN2/c1-8-5-6-15-7-10(8)9-3-2-4-11(13)12(9)14/h2-7H,14H2,1H3. The fraction of sp³-hybridized carbons (Fsp3) is 0.0833. The van der Waals surface area contributed by atoms with Crippen LogP contribution in [0.2, 0.25) is 0 Å². The van der Waals surface area contributed by atoms with Gasteiger partial charge in [-0.2, -0.15) is 0 Å². The Balaban J connectivity index is 2.65. The van der Waals surface area contributed by atoms with Crippen LogP contribution in [-0.4, -0.2) is 4.98 Å². The van der Waals surface area contributed by atoms with Crippen molar-refractivity contribution in [3.63, 3.8) is 0 Å². The lowest BCUT2D eigenvalue weighted by Crippen LogP contribution is -1.95. The summed E-state index contributed by atoms with van der Waals surface area (Å²) in [5.74, 6) is -0.393. The smallest absolute Gasteiger partial charge is 0.146 e. The number of benzene rings is 1. The van der Waals surface area contributed by atoms with Crippen LogP contribution in [0.3, 0.4) is 0 Å². The third-order valence-electron chi connectivity index (χ3n) is 2.38. The van der Waals surface area contributed by atoms with Gasteiger partial charge in [0.2, 0.25) is 0 Å². The van der Waals surface area contributed by atoms with Gasteiger partial charge in [-0.05, 0) is 24.6 Å². The van der Waals surface area contributed by atoms with Crippen LogP contribution in [-0.2, 0) is 0 Å². The molecule has 2 rings (SSSR count). The van der Waals surface area contributed by atoms with Crippen molar-refractivity contribution in [3.8, 4) is 11.1 Å². The molecule has 0 aliphatic rings. The van der Waals surface area contributed by atoms with E-state index in [9.17, 15) is 4.39 Å². The van der Waals surface area contributed by atoms with Crippen LogP contribution in [0.15, 0.2) is 36.7 Å². The van der Waals surface area contributed by atoms with Gasteiger partial charge in [-0.1, -0.05) is 12.1 Å². The van der Waals surface area contributed by atoms with Crippen molar-refractivity contribution in [3.05, 3.63) is 48.0 Å². The van der Waals surface area contributed by atoms with Crippen LogP contribution in [0, 0.1) is 12.7 Å². The first-order chi connectivity index (χ1) is 7.20. The molecule has 0 saturated heterocycles. The second kappa shape index (κ2) is 3.69. The lowest BCUT2D eigenvalue weighted by molar-refractivity contribution is 0.633. The van der Waals surface area contributed by atoms with Gasteiger partial charge < -0.3 is 5.73 Å². The first kappa shape index (κ1) is 9.65. The van der Waals surface area contributed by atoms with Gasteiger partial charge in [-0.25, -0.2) is 4.39 Å².